The van der Waals surface area contributed by atoms with Crippen LogP contribution in [0.2, 0.25) is 0 Å². The third-order valence-corrected chi connectivity index (χ3v) is 8.82. The number of halogens is 1. The van der Waals surface area contributed by atoms with E-state index in [1.165, 1.54) is 43.4 Å². The molecule has 2 aromatic heterocycles. The Morgan fingerprint density at radius 3 is 2.56 bits per heavy atom. The number of rotatable bonds is 6. The molecule has 1 fully saturated rings. The summed E-state index contributed by atoms with van der Waals surface area (Å²) in [7, 11) is -3.24. The summed E-state index contributed by atoms with van der Waals surface area (Å²) in [6, 6.07) is 5.46. The third kappa shape index (κ3) is 5.24. The van der Waals surface area contributed by atoms with E-state index in [9.17, 15) is 13.2 Å². The summed E-state index contributed by atoms with van der Waals surface area (Å²) in [6.45, 7) is 3.80. The maximum Gasteiger partial charge on any atom is 0.251 e. The molecular formula is C20H28ClNO3S2. The van der Waals surface area contributed by atoms with Crippen LogP contribution in [0.15, 0.2) is 27.2 Å². The van der Waals surface area contributed by atoms with Gasteiger partial charge in [0.1, 0.15) is 4.21 Å². The lowest BCUT2D eigenvalue weighted by Gasteiger charge is -2.20. The fraction of sp³-hybridized carbons (Fsp3) is 0.550. The van der Waals surface area contributed by atoms with E-state index in [1.54, 1.807) is 6.07 Å². The summed E-state index contributed by atoms with van der Waals surface area (Å²) in [4.78, 5) is 15.7. The number of aromatic nitrogens is 1. The van der Waals surface area contributed by atoms with Crippen molar-refractivity contribution in [3.63, 3.8) is 0 Å². The molecule has 0 amide bonds. The van der Waals surface area contributed by atoms with Gasteiger partial charge in [0, 0.05) is 21.7 Å². The largest absolute Gasteiger partial charge is 0.326 e. The van der Waals surface area contributed by atoms with Crippen LogP contribution >= 0.6 is 23.7 Å². The molecule has 27 heavy (non-hydrogen) atoms. The second kappa shape index (κ2) is 9.39. The molecule has 3 rings (SSSR count). The van der Waals surface area contributed by atoms with Gasteiger partial charge in [-0.25, -0.2) is 8.42 Å². The Kier molecular flexibility index (Phi) is 7.72. The quantitative estimate of drug-likeness (QED) is 0.691. The van der Waals surface area contributed by atoms with Crippen LogP contribution in [0, 0.1) is 12.8 Å². The zero-order valence-corrected chi connectivity index (χ0v) is 18.4. The van der Waals surface area contributed by atoms with Gasteiger partial charge >= 0.3 is 0 Å². The van der Waals surface area contributed by atoms with Crippen LogP contribution in [0.25, 0.3) is 10.4 Å². The van der Waals surface area contributed by atoms with Crippen LogP contribution in [-0.2, 0) is 16.3 Å². The van der Waals surface area contributed by atoms with Gasteiger partial charge in [-0.1, -0.05) is 39.0 Å². The fourth-order valence-corrected chi connectivity index (χ4v) is 6.67. The van der Waals surface area contributed by atoms with Crippen LogP contribution < -0.4 is 5.56 Å². The molecule has 0 bridgehead atoms. The SMILES string of the molecule is CCc1cc(-c2ccc(S(=O)(=O)CCC3CCCCC3)s2)c(C)[nH]c1=O.Cl. The minimum atomic E-state index is -3.24. The number of thiophene rings is 1. The van der Waals surface area contributed by atoms with Gasteiger partial charge in [-0.3, -0.25) is 4.79 Å². The lowest BCUT2D eigenvalue weighted by molar-refractivity contribution is 0.350. The minimum Gasteiger partial charge on any atom is -0.326 e. The molecule has 2 heterocycles. The van der Waals surface area contributed by atoms with E-state index in [0.29, 0.717) is 16.5 Å². The van der Waals surface area contributed by atoms with Crippen molar-refractivity contribution in [2.75, 3.05) is 5.75 Å². The number of H-pyrrole nitrogens is 1. The second-order valence-electron chi connectivity index (χ2n) is 7.25. The van der Waals surface area contributed by atoms with Gasteiger partial charge in [-0.15, -0.1) is 23.7 Å². The van der Waals surface area contributed by atoms with Crippen LogP contribution in [0.1, 0.15) is 56.7 Å². The predicted molar refractivity (Wildman–Crippen MR) is 115 cm³/mol. The van der Waals surface area contributed by atoms with Crippen molar-refractivity contribution in [2.45, 2.75) is 63.0 Å². The molecule has 1 N–H and O–H groups in total. The lowest BCUT2D eigenvalue weighted by Crippen LogP contribution is -2.13. The molecule has 0 atom stereocenters. The highest BCUT2D eigenvalue weighted by molar-refractivity contribution is 7.93. The van der Waals surface area contributed by atoms with Crippen LogP contribution in [0.3, 0.4) is 0 Å². The summed E-state index contributed by atoms with van der Waals surface area (Å²) in [6.07, 6.45) is 7.52. The minimum absolute atomic E-state index is 0. The zero-order valence-electron chi connectivity index (χ0n) is 15.9. The molecule has 4 nitrogen and oxygen atoms in total. The normalized spacial score (nSPS) is 15.5. The van der Waals surface area contributed by atoms with Crippen molar-refractivity contribution < 1.29 is 8.42 Å². The molecule has 0 spiro atoms. The second-order valence-corrected chi connectivity index (χ2v) is 10.7. The number of nitrogens with one attached hydrogen (secondary N) is 1. The van der Waals surface area contributed by atoms with Gasteiger partial charge in [0.25, 0.3) is 5.56 Å². The summed E-state index contributed by atoms with van der Waals surface area (Å²) in [5.41, 5.74) is 2.35. The maximum absolute atomic E-state index is 12.7. The Morgan fingerprint density at radius 2 is 1.89 bits per heavy atom. The summed E-state index contributed by atoms with van der Waals surface area (Å²) >= 11 is 1.31. The van der Waals surface area contributed by atoms with Crippen LogP contribution in [-0.4, -0.2) is 19.2 Å². The van der Waals surface area contributed by atoms with Crippen LogP contribution in [0.4, 0.5) is 0 Å². The van der Waals surface area contributed by atoms with E-state index in [2.05, 4.69) is 4.98 Å². The summed E-state index contributed by atoms with van der Waals surface area (Å²) in [5, 5.41) is 0. The number of aryl methyl sites for hydroxylation is 2. The first-order chi connectivity index (χ1) is 12.4. The molecule has 2 aromatic rings. The summed E-state index contributed by atoms with van der Waals surface area (Å²) in [5.74, 6) is 0.800. The van der Waals surface area contributed by atoms with Crippen molar-refractivity contribution in [1.82, 2.24) is 4.98 Å². The number of aromatic amines is 1. The topological polar surface area (TPSA) is 67.0 Å². The van der Waals surface area contributed by atoms with Gasteiger partial charge in [0.15, 0.2) is 9.84 Å². The maximum atomic E-state index is 12.7. The highest BCUT2D eigenvalue weighted by Gasteiger charge is 2.22. The Morgan fingerprint density at radius 1 is 1.19 bits per heavy atom. The Labute approximate surface area is 171 Å². The van der Waals surface area contributed by atoms with E-state index in [1.807, 2.05) is 26.0 Å². The van der Waals surface area contributed by atoms with Crippen molar-refractivity contribution >= 4 is 33.6 Å². The molecule has 0 aromatic carbocycles. The molecule has 1 aliphatic carbocycles. The highest BCUT2D eigenvalue weighted by Crippen LogP contribution is 2.34. The fourth-order valence-electron chi connectivity index (χ4n) is 3.71. The Bertz CT molecular complexity index is 925. The van der Waals surface area contributed by atoms with E-state index in [4.69, 9.17) is 0 Å². The third-order valence-electron chi connectivity index (χ3n) is 5.37. The van der Waals surface area contributed by atoms with Crippen molar-refractivity contribution in [3.8, 4) is 10.4 Å². The van der Waals surface area contributed by atoms with Crippen molar-refractivity contribution in [2.24, 2.45) is 5.92 Å². The van der Waals surface area contributed by atoms with Crippen molar-refractivity contribution in [3.05, 3.63) is 39.8 Å². The first kappa shape index (κ1) is 22.2. The van der Waals surface area contributed by atoms with E-state index in [-0.39, 0.29) is 23.7 Å². The average molecular weight is 430 g/mol. The Hall–Kier alpha value is -1.11. The van der Waals surface area contributed by atoms with Gasteiger partial charge in [-0.2, -0.15) is 0 Å². The molecule has 150 valence electrons. The monoisotopic (exact) mass is 429 g/mol. The molecule has 0 aliphatic heterocycles. The number of pyridine rings is 1. The van der Waals surface area contributed by atoms with E-state index >= 15 is 0 Å². The first-order valence-corrected chi connectivity index (χ1v) is 11.9. The predicted octanol–water partition coefficient (Wildman–Crippen LogP) is 5.14. The Balaban J connectivity index is 0.00000261. The molecule has 1 saturated carbocycles. The van der Waals surface area contributed by atoms with Crippen LogP contribution in [0.5, 0.6) is 0 Å². The first-order valence-electron chi connectivity index (χ1n) is 9.46. The number of hydrogen-bond donors (Lipinski definition) is 1. The number of hydrogen-bond acceptors (Lipinski definition) is 4. The van der Waals surface area contributed by atoms with Gasteiger partial charge in [0.05, 0.1) is 5.75 Å². The highest BCUT2D eigenvalue weighted by atomic mass is 35.5. The zero-order chi connectivity index (χ0) is 18.7. The standard InChI is InChI=1S/C20H27NO3S2.ClH/c1-3-16-13-17(14(2)21-20(16)22)18-9-10-19(25-18)26(23,24)12-11-15-7-5-4-6-8-15;/h9-10,13,15H,3-8,11-12H2,1-2H3,(H,21,22);1H. The molecule has 0 unspecified atom stereocenters. The molecule has 1 aliphatic rings. The molecular weight excluding hydrogens is 402 g/mol. The number of sulfone groups is 1. The van der Waals surface area contributed by atoms with Gasteiger partial charge in [-0.05, 0) is 43.9 Å². The van der Waals surface area contributed by atoms with Crippen molar-refractivity contribution in [1.29, 1.82) is 0 Å². The smallest absolute Gasteiger partial charge is 0.251 e. The summed E-state index contributed by atoms with van der Waals surface area (Å²) < 4.78 is 25.9. The molecule has 0 saturated heterocycles. The van der Waals surface area contributed by atoms with Gasteiger partial charge < -0.3 is 4.98 Å². The van der Waals surface area contributed by atoms with E-state index < -0.39 is 9.84 Å². The average Bonchev–Trinajstić information content (AvgIpc) is 3.12. The van der Waals surface area contributed by atoms with Gasteiger partial charge in [0.2, 0.25) is 0 Å². The lowest BCUT2D eigenvalue weighted by atomic mass is 9.88. The molecule has 0 radical (unpaired) electrons. The van der Waals surface area contributed by atoms with E-state index in [0.717, 1.165) is 28.1 Å². The molecule has 7 heteroatoms.